The fourth-order valence-corrected chi connectivity index (χ4v) is 8.99. The molecular weight excluding hydrogens is 901 g/mol. The van der Waals surface area contributed by atoms with E-state index in [9.17, 15) is 34.5 Å². The van der Waals surface area contributed by atoms with Gasteiger partial charge in [0.1, 0.15) is 18.8 Å². The molecule has 0 amide bonds. The minimum atomic E-state index is -1.90. The lowest BCUT2D eigenvalue weighted by Crippen LogP contribution is -2.61. The molecule has 71 heavy (non-hydrogen) atoms. The number of esters is 3. The minimum absolute atomic E-state index is 0.0490. The summed E-state index contributed by atoms with van der Waals surface area (Å²) in [4.78, 5) is 50.9. The molecule has 1 aliphatic heterocycles. The van der Waals surface area contributed by atoms with Crippen LogP contribution in [0.5, 0.6) is 0 Å². The smallest absolute Gasteiger partial charge is 0.335 e. The fourth-order valence-electron chi connectivity index (χ4n) is 8.99. The molecule has 6 atom stereocenters. The number of carbonyl (C=O) groups excluding carboxylic acids is 3. The van der Waals surface area contributed by atoms with Crippen LogP contribution < -0.4 is 0 Å². The van der Waals surface area contributed by atoms with Crippen molar-refractivity contribution >= 4 is 23.9 Å². The van der Waals surface area contributed by atoms with Gasteiger partial charge in [-0.05, 0) is 51.4 Å². The summed E-state index contributed by atoms with van der Waals surface area (Å²) in [5.74, 6) is -3.11. The van der Waals surface area contributed by atoms with Crippen LogP contribution in [0, 0.1) is 0 Å². The first-order valence-corrected chi connectivity index (χ1v) is 29.3. The van der Waals surface area contributed by atoms with Gasteiger partial charge in [-0.1, -0.05) is 231 Å². The molecule has 0 aliphatic carbocycles. The molecule has 0 bridgehead atoms. The van der Waals surface area contributed by atoms with Crippen LogP contribution in [0.2, 0.25) is 0 Å². The Morgan fingerprint density at radius 1 is 0.465 bits per heavy atom. The molecule has 3 N–H and O–H groups in total. The Balaban J connectivity index is 2.64. The zero-order valence-electron chi connectivity index (χ0n) is 45.5. The van der Waals surface area contributed by atoms with Gasteiger partial charge < -0.3 is 39.0 Å². The highest BCUT2D eigenvalue weighted by molar-refractivity contribution is 5.74. The lowest BCUT2D eigenvalue weighted by Gasteiger charge is -2.40. The number of unbranched alkanes of at least 4 members (excludes halogenated alkanes) is 32. The lowest BCUT2D eigenvalue weighted by atomic mass is 9.98. The number of aliphatic hydroxyl groups excluding tert-OH is 2. The van der Waals surface area contributed by atoms with Crippen molar-refractivity contribution in [3.8, 4) is 0 Å². The second kappa shape index (κ2) is 48.2. The molecule has 0 spiro atoms. The highest BCUT2D eigenvalue weighted by Gasteiger charge is 2.50. The van der Waals surface area contributed by atoms with Gasteiger partial charge in [0.15, 0.2) is 24.6 Å². The Kier molecular flexibility index (Phi) is 44.9. The van der Waals surface area contributed by atoms with E-state index in [0.29, 0.717) is 19.3 Å². The maximum atomic E-state index is 13.1. The summed E-state index contributed by atoms with van der Waals surface area (Å²) in [7, 11) is 0. The molecule has 1 fully saturated rings. The summed E-state index contributed by atoms with van der Waals surface area (Å²) >= 11 is 0. The highest BCUT2D eigenvalue weighted by atomic mass is 16.7. The summed E-state index contributed by atoms with van der Waals surface area (Å²) in [6.45, 7) is 5.96. The van der Waals surface area contributed by atoms with Crippen LogP contribution >= 0.6 is 0 Å². The number of ether oxygens (including phenoxy) is 5. The van der Waals surface area contributed by atoms with Gasteiger partial charge >= 0.3 is 23.9 Å². The summed E-state index contributed by atoms with van der Waals surface area (Å²) in [5, 5.41) is 31.4. The SMILES string of the molecule is CCCCC/C=C\C/C=C\CCCCCCCC(=O)OC1C(OCC(COC(=O)CCCCCCCCCCCCCCCCCCC)OC(=O)CCCCCCCCCCC)OC(C(=O)O)C(O)C1O. The maximum absolute atomic E-state index is 13.1. The molecule has 12 nitrogen and oxygen atoms in total. The number of carbonyl (C=O) groups is 4. The summed E-state index contributed by atoms with van der Waals surface area (Å²) in [5.41, 5.74) is 0. The third kappa shape index (κ3) is 38.4. The van der Waals surface area contributed by atoms with Gasteiger partial charge in [0.25, 0.3) is 0 Å². The molecule has 6 unspecified atom stereocenters. The van der Waals surface area contributed by atoms with Crippen LogP contribution in [0.1, 0.15) is 278 Å². The van der Waals surface area contributed by atoms with Crippen LogP contribution in [-0.4, -0.2) is 89.2 Å². The second-order valence-corrected chi connectivity index (χ2v) is 20.3. The minimum Gasteiger partial charge on any atom is -0.479 e. The average molecular weight is 1010 g/mol. The van der Waals surface area contributed by atoms with E-state index < -0.39 is 67.3 Å². The number of aliphatic carboxylic acids is 1. The van der Waals surface area contributed by atoms with Crippen molar-refractivity contribution in [2.45, 2.75) is 314 Å². The number of aliphatic hydroxyl groups is 2. The van der Waals surface area contributed by atoms with E-state index in [2.05, 4.69) is 45.1 Å². The van der Waals surface area contributed by atoms with Gasteiger partial charge in [-0.3, -0.25) is 14.4 Å². The van der Waals surface area contributed by atoms with Crippen LogP contribution in [0.25, 0.3) is 0 Å². The number of rotatable bonds is 50. The molecule has 1 saturated heterocycles. The van der Waals surface area contributed by atoms with Crippen molar-refractivity contribution in [3.63, 3.8) is 0 Å². The van der Waals surface area contributed by atoms with E-state index in [4.69, 9.17) is 23.7 Å². The Morgan fingerprint density at radius 3 is 1.30 bits per heavy atom. The number of hydrogen-bond donors (Lipinski definition) is 3. The van der Waals surface area contributed by atoms with Crippen LogP contribution in [0.15, 0.2) is 24.3 Å². The van der Waals surface area contributed by atoms with Crippen LogP contribution in [0.4, 0.5) is 0 Å². The molecule has 0 aromatic rings. The van der Waals surface area contributed by atoms with Crippen molar-refractivity contribution < 1.29 is 58.2 Å². The number of allylic oxidation sites excluding steroid dienone is 4. The molecule has 0 aromatic heterocycles. The summed E-state index contributed by atoms with van der Waals surface area (Å²) in [6.07, 6.45) is 41.6. The standard InChI is InChI=1S/C59H106O12/c1-4-7-10-13-16-19-21-23-25-26-28-29-31-34-36-39-42-45-51(60)67-48-50(69-52(61)46-43-40-37-33-18-15-12-9-6-3)49-68-59-57(55(64)54(63)56(71-59)58(65)66)70-53(62)47-44-41-38-35-32-30-27-24-22-20-17-14-11-8-5-2/h17,20,24,27,50,54-57,59,63-64H,4-16,18-19,21-23,25-26,28-49H2,1-3H3,(H,65,66)/b20-17-,27-24-. The Morgan fingerprint density at radius 2 is 0.845 bits per heavy atom. The molecule has 0 saturated carbocycles. The van der Waals surface area contributed by atoms with E-state index in [0.717, 1.165) is 83.5 Å². The third-order valence-electron chi connectivity index (χ3n) is 13.5. The number of carboxylic acid groups (broad SMARTS) is 1. The van der Waals surface area contributed by atoms with Crippen molar-refractivity contribution in [2.24, 2.45) is 0 Å². The predicted octanol–water partition coefficient (Wildman–Crippen LogP) is 14.7. The Labute approximate surface area is 432 Å². The van der Waals surface area contributed by atoms with Gasteiger partial charge in [0.05, 0.1) is 6.61 Å². The van der Waals surface area contributed by atoms with Gasteiger partial charge in [-0.2, -0.15) is 0 Å². The van der Waals surface area contributed by atoms with Gasteiger partial charge in [0.2, 0.25) is 0 Å². The van der Waals surface area contributed by atoms with Crippen LogP contribution in [-0.2, 0) is 42.9 Å². The average Bonchev–Trinajstić information content (AvgIpc) is 3.35. The Hall–Kier alpha value is -2.80. The third-order valence-corrected chi connectivity index (χ3v) is 13.5. The first-order valence-electron chi connectivity index (χ1n) is 29.3. The number of hydrogen-bond acceptors (Lipinski definition) is 11. The largest absolute Gasteiger partial charge is 0.479 e. The molecule has 1 rings (SSSR count). The van der Waals surface area contributed by atoms with E-state index in [1.54, 1.807) is 0 Å². The molecule has 414 valence electrons. The zero-order valence-corrected chi connectivity index (χ0v) is 45.5. The quantitative estimate of drug-likeness (QED) is 0.0228. The first-order chi connectivity index (χ1) is 34.6. The van der Waals surface area contributed by atoms with E-state index in [1.165, 1.54) is 135 Å². The molecular formula is C59H106O12. The van der Waals surface area contributed by atoms with Gasteiger partial charge in [0, 0.05) is 19.3 Å². The van der Waals surface area contributed by atoms with Crippen molar-refractivity contribution in [2.75, 3.05) is 13.2 Å². The molecule has 1 heterocycles. The van der Waals surface area contributed by atoms with Crippen LogP contribution in [0.3, 0.4) is 0 Å². The van der Waals surface area contributed by atoms with E-state index in [-0.39, 0.29) is 25.9 Å². The highest BCUT2D eigenvalue weighted by Crippen LogP contribution is 2.26. The predicted molar refractivity (Wildman–Crippen MR) is 285 cm³/mol. The Bertz CT molecular complexity index is 1340. The zero-order chi connectivity index (χ0) is 51.8. The van der Waals surface area contributed by atoms with Crippen molar-refractivity contribution in [1.82, 2.24) is 0 Å². The summed E-state index contributed by atoms with van der Waals surface area (Å²) in [6, 6.07) is 0. The monoisotopic (exact) mass is 1010 g/mol. The second-order valence-electron chi connectivity index (χ2n) is 20.3. The topological polar surface area (TPSA) is 175 Å². The lowest BCUT2D eigenvalue weighted by molar-refractivity contribution is -0.301. The van der Waals surface area contributed by atoms with Gasteiger partial charge in [-0.25, -0.2) is 4.79 Å². The normalized spacial score (nSPS) is 18.6. The van der Waals surface area contributed by atoms with Gasteiger partial charge in [-0.15, -0.1) is 0 Å². The molecule has 0 aromatic carbocycles. The molecule has 12 heteroatoms. The first kappa shape index (κ1) is 66.2. The fraction of sp³-hybridized carbons (Fsp3) is 0.864. The van der Waals surface area contributed by atoms with E-state index >= 15 is 0 Å². The maximum Gasteiger partial charge on any atom is 0.335 e. The molecule has 1 aliphatic rings. The van der Waals surface area contributed by atoms with Crippen molar-refractivity contribution in [1.29, 1.82) is 0 Å². The van der Waals surface area contributed by atoms with Crippen molar-refractivity contribution in [3.05, 3.63) is 24.3 Å². The molecule has 0 radical (unpaired) electrons. The number of carboxylic acids is 1. The van der Waals surface area contributed by atoms with E-state index in [1.807, 2.05) is 0 Å². The summed E-state index contributed by atoms with van der Waals surface area (Å²) < 4.78 is 28.4.